The van der Waals surface area contributed by atoms with E-state index in [4.69, 9.17) is 0 Å². The summed E-state index contributed by atoms with van der Waals surface area (Å²) in [5.74, 6) is -0.170. The van der Waals surface area contributed by atoms with Crippen molar-refractivity contribution in [1.29, 1.82) is 0 Å². The summed E-state index contributed by atoms with van der Waals surface area (Å²) in [6.07, 6.45) is 3.56. The van der Waals surface area contributed by atoms with Crippen molar-refractivity contribution in [3.63, 3.8) is 0 Å². The van der Waals surface area contributed by atoms with Gasteiger partial charge in [0.05, 0.1) is 12.2 Å². The van der Waals surface area contributed by atoms with E-state index in [9.17, 15) is 4.79 Å². The van der Waals surface area contributed by atoms with Crippen LogP contribution in [0.25, 0.3) is 0 Å². The summed E-state index contributed by atoms with van der Waals surface area (Å²) >= 11 is 0. The second-order valence-corrected chi connectivity index (χ2v) is 4.57. The minimum absolute atomic E-state index is 0.0881. The molecule has 0 radical (unpaired) electrons. The standard InChI is InChI=1S/C13H19N5O/c1-5-18-10(3)11(8-14-18)9(2)15-13(19)12-6-7-17(4)16-12/h6-9H,5H2,1-4H3,(H,15,19). The Labute approximate surface area is 112 Å². The molecule has 0 aliphatic heterocycles. The van der Waals surface area contributed by atoms with E-state index in [0.717, 1.165) is 17.8 Å². The molecule has 1 N–H and O–H groups in total. The summed E-state index contributed by atoms with van der Waals surface area (Å²) in [5, 5.41) is 11.3. The summed E-state index contributed by atoms with van der Waals surface area (Å²) in [5.41, 5.74) is 2.54. The van der Waals surface area contributed by atoms with E-state index < -0.39 is 0 Å². The highest BCUT2D eigenvalue weighted by atomic mass is 16.2. The highest BCUT2D eigenvalue weighted by Crippen LogP contribution is 2.17. The van der Waals surface area contributed by atoms with Crippen molar-refractivity contribution in [3.05, 3.63) is 35.4 Å². The van der Waals surface area contributed by atoms with Gasteiger partial charge in [-0.25, -0.2) is 0 Å². The van der Waals surface area contributed by atoms with Crippen LogP contribution in [0.5, 0.6) is 0 Å². The molecule has 0 saturated carbocycles. The molecule has 2 heterocycles. The van der Waals surface area contributed by atoms with E-state index >= 15 is 0 Å². The first-order chi connectivity index (χ1) is 9.02. The third kappa shape index (κ3) is 2.67. The van der Waals surface area contributed by atoms with E-state index in [-0.39, 0.29) is 11.9 Å². The van der Waals surface area contributed by atoms with Crippen molar-refractivity contribution in [2.45, 2.75) is 33.4 Å². The van der Waals surface area contributed by atoms with Crippen molar-refractivity contribution in [2.75, 3.05) is 0 Å². The summed E-state index contributed by atoms with van der Waals surface area (Å²) in [4.78, 5) is 12.0. The number of nitrogens with zero attached hydrogens (tertiary/aromatic N) is 4. The van der Waals surface area contributed by atoms with Crippen molar-refractivity contribution >= 4 is 5.91 Å². The molecule has 6 heteroatoms. The number of hydrogen-bond donors (Lipinski definition) is 1. The van der Waals surface area contributed by atoms with E-state index in [1.165, 1.54) is 0 Å². The number of rotatable bonds is 4. The molecule has 1 atom stereocenters. The molecule has 0 fully saturated rings. The lowest BCUT2D eigenvalue weighted by Gasteiger charge is -2.13. The molecule has 2 aromatic heterocycles. The Morgan fingerprint density at radius 2 is 2.26 bits per heavy atom. The average Bonchev–Trinajstić information content (AvgIpc) is 2.95. The van der Waals surface area contributed by atoms with Crippen molar-refractivity contribution in [2.24, 2.45) is 7.05 Å². The Balaban J connectivity index is 2.10. The summed E-state index contributed by atoms with van der Waals surface area (Å²) < 4.78 is 3.53. The largest absolute Gasteiger partial charge is 0.344 e. The molecule has 0 aliphatic rings. The number of aromatic nitrogens is 4. The Morgan fingerprint density at radius 3 is 2.79 bits per heavy atom. The zero-order valence-corrected chi connectivity index (χ0v) is 11.7. The fraction of sp³-hybridized carbons (Fsp3) is 0.462. The monoisotopic (exact) mass is 261 g/mol. The van der Waals surface area contributed by atoms with Gasteiger partial charge in [-0.3, -0.25) is 14.2 Å². The topological polar surface area (TPSA) is 64.7 Å². The van der Waals surface area contributed by atoms with Gasteiger partial charge in [0.1, 0.15) is 5.69 Å². The molecule has 0 spiro atoms. The Bertz CT molecular complexity index is 584. The van der Waals surface area contributed by atoms with E-state index in [1.807, 2.05) is 31.6 Å². The smallest absolute Gasteiger partial charge is 0.272 e. The summed E-state index contributed by atoms with van der Waals surface area (Å²) in [7, 11) is 1.79. The molecule has 0 aliphatic carbocycles. The number of aryl methyl sites for hydroxylation is 2. The maximum atomic E-state index is 12.0. The normalized spacial score (nSPS) is 12.4. The van der Waals surface area contributed by atoms with Gasteiger partial charge in [0.2, 0.25) is 0 Å². The van der Waals surface area contributed by atoms with Gasteiger partial charge in [0.15, 0.2) is 0 Å². The number of carbonyl (C=O) groups is 1. The molecule has 1 unspecified atom stereocenters. The Hall–Kier alpha value is -2.11. The molecule has 19 heavy (non-hydrogen) atoms. The molecule has 102 valence electrons. The van der Waals surface area contributed by atoms with Crippen molar-refractivity contribution in [3.8, 4) is 0 Å². The highest BCUT2D eigenvalue weighted by molar-refractivity contribution is 5.92. The zero-order chi connectivity index (χ0) is 14.0. The molecular weight excluding hydrogens is 242 g/mol. The molecule has 0 bridgehead atoms. The second kappa shape index (κ2) is 5.26. The fourth-order valence-electron chi connectivity index (χ4n) is 2.09. The van der Waals surface area contributed by atoms with E-state index in [0.29, 0.717) is 5.69 Å². The van der Waals surface area contributed by atoms with Crippen LogP contribution in [0.1, 0.15) is 41.6 Å². The van der Waals surface area contributed by atoms with Gasteiger partial charge in [0.25, 0.3) is 5.91 Å². The van der Waals surface area contributed by atoms with Crippen LogP contribution >= 0.6 is 0 Å². The van der Waals surface area contributed by atoms with Crippen LogP contribution in [0.4, 0.5) is 0 Å². The van der Waals surface area contributed by atoms with Crippen molar-refractivity contribution < 1.29 is 4.79 Å². The number of carbonyl (C=O) groups excluding carboxylic acids is 1. The lowest BCUT2D eigenvalue weighted by Crippen LogP contribution is -2.27. The number of hydrogen-bond acceptors (Lipinski definition) is 3. The quantitative estimate of drug-likeness (QED) is 0.905. The lowest BCUT2D eigenvalue weighted by molar-refractivity contribution is 0.0934. The Morgan fingerprint density at radius 1 is 1.53 bits per heavy atom. The average molecular weight is 261 g/mol. The maximum Gasteiger partial charge on any atom is 0.272 e. The fourth-order valence-corrected chi connectivity index (χ4v) is 2.09. The molecule has 2 aromatic rings. The van der Waals surface area contributed by atoms with E-state index in [1.54, 1.807) is 24.0 Å². The SMILES string of the molecule is CCn1ncc(C(C)NC(=O)c2ccn(C)n2)c1C. The molecule has 2 rings (SSSR count). The summed E-state index contributed by atoms with van der Waals surface area (Å²) in [6, 6.07) is 1.61. The third-order valence-corrected chi connectivity index (χ3v) is 3.20. The highest BCUT2D eigenvalue weighted by Gasteiger charge is 2.17. The van der Waals surface area contributed by atoms with Crippen LogP contribution in [-0.4, -0.2) is 25.5 Å². The molecule has 0 saturated heterocycles. The molecule has 0 aromatic carbocycles. The van der Waals surface area contributed by atoms with Crippen LogP contribution < -0.4 is 5.32 Å². The predicted octanol–water partition coefficient (Wildman–Crippen LogP) is 1.44. The van der Waals surface area contributed by atoms with Crippen LogP contribution in [-0.2, 0) is 13.6 Å². The predicted molar refractivity (Wildman–Crippen MR) is 71.7 cm³/mol. The summed E-state index contributed by atoms with van der Waals surface area (Å²) in [6.45, 7) is 6.83. The first kappa shape index (κ1) is 13.3. The molecule has 1 amide bonds. The minimum Gasteiger partial charge on any atom is -0.344 e. The first-order valence-electron chi connectivity index (χ1n) is 6.35. The van der Waals surface area contributed by atoms with E-state index in [2.05, 4.69) is 15.5 Å². The van der Waals surface area contributed by atoms with Gasteiger partial charge >= 0.3 is 0 Å². The van der Waals surface area contributed by atoms with Gasteiger partial charge < -0.3 is 5.32 Å². The van der Waals surface area contributed by atoms with Crippen LogP contribution in [0, 0.1) is 6.92 Å². The number of amides is 1. The molecule has 6 nitrogen and oxygen atoms in total. The number of nitrogens with one attached hydrogen (secondary N) is 1. The Kier molecular flexibility index (Phi) is 3.69. The zero-order valence-electron chi connectivity index (χ0n) is 11.7. The van der Waals surface area contributed by atoms with Crippen LogP contribution in [0.3, 0.4) is 0 Å². The second-order valence-electron chi connectivity index (χ2n) is 4.57. The van der Waals surface area contributed by atoms with Crippen molar-refractivity contribution in [1.82, 2.24) is 24.9 Å². The van der Waals surface area contributed by atoms with Gasteiger partial charge in [-0.15, -0.1) is 0 Å². The molecular formula is C13H19N5O. The lowest BCUT2D eigenvalue weighted by atomic mass is 10.1. The maximum absolute atomic E-state index is 12.0. The van der Waals surface area contributed by atoms with Gasteiger partial charge in [-0.05, 0) is 26.8 Å². The van der Waals surface area contributed by atoms with Gasteiger partial charge in [-0.1, -0.05) is 0 Å². The van der Waals surface area contributed by atoms with Crippen LogP contribution in [0.2, 0.25) is 0 Å². The minimum atomic E-state index is -0.170. The van der Waals surface area contributed by atoms with Gasteiger partial charge in [-0.2, -0.15) is 10.2 Å². The third-order valence-electron chi connectivity index (χ3n) is 3.20. The van der Waals surface area contributed by atoms with Gasteiger partial charge in [0, 0.05) is 31.0 Å². The first-order valence-corrected chi connectivity index (χ1v) is 6.35. The van der Waals surface area contributed by atoms with Crippen LogP contribution in [0.15, 0.2) is 18.5 Å².